The largest absolute Gasteiger partial charge is 0.454 e. The highest BCUT2D eigenvalue weighted by Crippen LogP contribution is 2.32. The van der Waals surface area contributed by atoms with Crippen molar-refractivity contribution in [3.8, 4) is 11.5 Å². The monoisotopic (exact) mass is 295 g/mol. The van der Waals surface area contributed by atoms with Crippen molar-refractivity contribution in [3.63, 3.8) is 0 Å². The first-order valence-corrected chi connectivity index (χ1v) is 6.32. The Bertz CT molecular complexity index is 661. The van der Waals surface area contributed by atoms with E-state index in [4.69, 9.17) is 16.3 Å². The number of para-hydroxylation sites is 1. The molecule has 0 aliphatic carbocycles. The van der Waals surface area contributed by atoms with E-state index >= 15 is 0 Å². The molecule has 0 saturated heterocycles. The van der Waals surface area contributed by atoms with Crippen LogP contribution in [0.25, 0.3) is 0 Å². The molecule has 0 bridgehead atoms. The van der Waals surface area contributed by atoms with Crippen molar-refractivity contribution in [2.75, 3.05) is 0 Å². The molecule has 2 aromatic rings. The highest BCUT2D eigenvalue weighted by molar-refractivity contribution is 6.17. The van der Waals surface area contributed by atoms with Crippen LogP contribution in [0, 0.1) is 22.9 Å². The molecule has 0 aromatic heterocycles. The lowest BCUT2D eigenvalue weighted by atomic mass is 10.2. The van der Waals surface area contributed by atoms with Gasteiger partial charge in [-0.05, 0) is 19.1 Å². The minimum atomic E-state index is -0.785. The van der Waals surface area contributed by atoms with Gasteiger partial charge in [-0.3, -0.25) is 10.1 Å². The minimum Gasteiger partial charge on any atom is -0.454 e. The summed E-state index contributed by atoms with van der Waals surface area (Å²) in [4.78, 5) is 10.1. The van der Waals surface area contributed by atoms with Gasteiger partial charge < -0.3 is 4.74 Å². The lowest BCUT2D eigenvalue weighted by Crippen LogP contribution is -1.97. The molecule has 2 rings (SSSR count). The third kappa shape index (κ3) is 2.88. The molecule has 0 saturated carbocycles. The first-order valence-electron chi connectivity index (χ1n) is 5.79. The number of hydrogen-bond acceptors (Lipinski definition) is 3. The second-order valence-corrected chi connectivity index (χ2v) is 4.44. The third-order valence-electron chi connectivity index (χ3n) is 2.78. The molecule has 0 atom stereocenters. The fraction of sp³-hybridized carbons (Fsp3) is 0.143. The molecule has 4 nitrogen and oxygen atoms in total. The standard InChI is InChI=1S/C14H11ClFNO3/c1-9-6-14(11(16)7-12(9)17(18)19)20-13-5-3-2-4-10(13)8-15/h2-7H,8H2,1H3. The average Bonchev–Trinajstić information content (AvgIpc) is 2.42. The number of rotatable bonds is 4. The summed E-state index contributed by atoms with van der Waals surface area (Å²) in [5, 5.41) is 10.7. The first kappa shape index (κ1) is 14.3. The number of nitrogens with zero attached hydrogens (tertiary/aromatic N) is 1. The van der Waals surface area contributed by atoms with E-state index in [0.29, 0.717) is 16.9 Å². The highest BCUT2D eigenvalue weighted by atomic mass is 35.5. The third-order valence-corrected chi connectivity index (χ3v) is 3.07. The van der Waals surface area contributed by atoms with E-state index in [1.165, 1.54) is 13.0 Å². The van der Waals surface area contributed by atoms with Gasteiger partial charge in [0.05, 0.1) is 16.9 Å². The van der Waals surface area contributed by atoms with Crippen LogP contribution in [0.15, 0.2) is 36.4 Å². The van der Waals surface area contributed by atoms with Crippen molar-refractivity contribution >= 4 is 17.3 Å². The lowest BCUT2D eigenvalue weighted by molar-refractivity contribution is -0.385. The van der Waals surface area contributed by atoms with E-state index in [-0.39, 0.29) is 17.3 Å². The van der Waals surface area contributed by atoms with Gasteiger partial charge in [-0.1, -0.05) is 18.2 Å². The predicted molar refractivity (Wildman–Crippen MR) is 73.9 cm³/mol. The zero-order valence-corrected chi connectivity index (χ0v) is 11.4. The Morgan fingerprint density at radius 1 is 1.30 bits per heavy atom. The summed E-state index contributed by atoms with van der Waals surface area (Å²) in [6.45, 7) is 1.53. The quantitative estimate of drug-likeness (QED) is 0.471. The number of nitro benzene ring substituents is 1. The maximum absolute atomic E-state index is 13.8. The topological polar surface area (TPSA) is 52.4 Å². The molecule has 0 heterocycles. The van der Waals surface area contributed by atoms with Gasteiger partial charge in [0.15, 0.2) is 11.6 Å². The van der Waals surface area contributed by atoms with Gasteiger partial charge in [0.2, 0.25) is 0 Å². The molecule has 0 amide bonds. The summed E-state index contributed by atoms with van der Waals surface area (Å²) in [5.41, 5.74) is 0.764. The number of halogens is 2. The van der Waals surface area contributed by atoms with Crippen LogP contribution in [0.5, 0.6) is 11.5 Å². The fourth-order valence-electron chi connectivity index (χ4n) is 1.75. The van der Waals surface area contributed by atoms with Crippen LogP contribution in [0.3, 0.4) is 0 Å². The highest BCUT2D eigenvalue weighted by Gasteiger charge is 2.17. The Balaban J connectivity index is 2.39. The van der Waals surface area contributed by atoms with Crippen LogP contribution in [0.4, 0.5) is 10.1 Å². The normalized spacial score (nSPS) is 10.3. The molecule has 0 aliphatic rings. The number of alkyl halides is 1. The summed E-state index contributed by atoms with van der Waals surface area (Å²) < 4.78 is 19.3. The molecule has 0 aliphatic heterocycles. The van der Waals surface area contributed by atoms with Crippen molar-refractivity contribution in [3.05, 3.63) is 63.5 Å². The molecule has 0 radical (unpaired) electrons. The zero-order valence-electron chi connectivity index (χ0n) is 10.6. The molecule has 20 heavy (non-hydrogen) atoms. The Kier molecular flexibility index (Phi) is 4.20. The number of benzene rings is 2. The summed E-state index contributed by atoms with van der Waals surface area (Å²) in [7, 11) is 0. The van der Waals surface area contributed by atoms with Gasteiger partial charge in [-0.2, -0.15) is 0 Å². The van der Waals surface area contributed by atoms with E-state index in [0.717, 1.165) is 6.07 Å². The molecular formula is C14H11ClFNO3. The number of hydrogen-bond donors (Lipinski definition) is 0. The molecule has 6 heteroatoms. The minimum absolute atomic E-state index is 0.0642. The van der Waals surface area contributed by atoms with Crippen molar-refractivity contribution < 1.29 is 14.1 Å². The number of nitro groups is 1. The van der Waals surface area contributed by atoms with Crippen molar-refractivity contribution in [2.45, 2.75) is 12.8 Å². The SMILES string of the molecule is Cc1cc(Oc2ccccc2CCl)c(F)cc1[N+](=O)[O-]. The van der Waals surface area contributed by atoms with E-state index in [1.807, 2.05) is 0 Å². The van der Waals surface area contributed by atoms with Gasteiger partial charge in [0.25, 0.3) is 5.69 Å². The average molecular weight is 296 g/mol. The number of ether oxygens (including phenoxy) is 1. The van der Waals surface area contributed by atoms with Crippen molar-refractivity contribution in [1.82, 2.24) is 0 Å². The zero-order chi connectivity index (χ0) is 14.7. The molecule has 2 aromatic carbocycles. The molecule has 104 valence electrons. The van der Waals surface area contributed by atoms with Crippen molar-refractivity contribution in [1.29, 1.82) is 0 Å². The summed E-state index contributed by atoms with van der Waals surface area (Å²) in [6.07, 6.45) is 0. The van der Waals surface area contributed by atoms with Gasteiger partial charge in [-0.15, -0.1) is 11.6 Å². The van der Waals surface area contributed by atoms with Gasteiger partial charge in [0, 0.05) is 11.1 Å². The maximum Gasteiger partial charge on any atom is 0.275 e. The molecule has 0 unspecified atom stereocenters. The second kappa shape index (κ2) is 5.88. The maximum atomic E-state index is 13.8. The summed E-state index contributed by atoms with van der Waals surface area (Å²) in [5.74, 6) is -0.198. The van der Waals surface area contributed by atoms with E-state index in [2.05, 4.69) is 0 Å². The number of aryl methyl sites for hydroxylation is 1. The van der Waals surface area contributed by atoms with Crippen LogP contribution in [0.1, 0.15) is 11.1 Å². The van der Waals surface area contributed by atoms with Crippen LogP contribution < -0.4 is 4.74 Å². The predicted octanol–water partition coefficient (Wildman–Crippen LogP) is 4.57. The van der Waals surface area contributed by atoms with Crippen molar-refractivity contribution in [2.24, 2.45) is 0 Å². The summed E-state index contributed by atoms with van der Waals surface area (Å²) >= 11 is 5.77. The lowest BCUT2D eigenvalue weighted by Gasteiger charge is -2.10. The fourth-order valence-corrected chi connectivity index (χ4v) is 1.97. The van der Waals surface area contributed by atoms with E-state index in [9.17, 15) is 14.5 Å². The molecule has 0 spiro atoms. The summed E-state index contributed by atoms with van der Waals surface area (Å²) in [6, 6.07) is 9.11. The Labute approximate surface area is 119 Å². The Morgan fingerprint density at radius 2 is 2.00 bits per heavy atom. The smallest absolute Gasteiger partial charge is 0.275 e. The second-order valence-electron chi connectivity index (χ2n) is 4.17. The van der Waals surface area contributed by atoms with E-state index < -0.39 is 10.7 Å². The van der Waals surface area contributed by atoms with E-state index in [1.54, 1.807) is 24.3 Å². The van der Waals surface area contributed by atoms with Crippen LogP contribution in [0.2, 0.25) is 0 Å². The van der Waals surface area contributed by atoms with Gasteiger partial charge in [0.1, 0.15) is 5.75 Å². The van der Waals surface area contributed by atoms with Crippen LogP contribution in [-0.2, 0) is 5.88 Å². The Hall–Kier alpha value is -2.14. The van der Waals surface area contributed by atoms with Crippen LogP contribution in [-0.4, -0.2) is 4.92 Å². The van der Waals surface area contributed by atoms with Gasteiger partial charge in [-0.25, -0.2) is 4.39 Å². The Morgan fingerprint density at radius 3 is 2.65 bits per heavy atom. The van der Waals surface area contributed by atoms with Gasteiger partial charge >= 0.3 is 0 Å². The molecule has 0 fully saturated rings. The first-order chi connectivity index (χ1) is 9.52. The molecule has 0 N–H and O–H groups in total. The van der Waals surface area contributed by atoms with Crippen LogP contribution >= 0.6 is 11.6 Å². The molecular weight excluding hydrogens is 285 g/mol.